The van der Waals surface area contributed by atoms with Crippen LogP contribution in [0.15, 0.2) is 22.7 Å². The number of carbonyl (C=O) groups excluding carboxylic acids is 1. The third-order valence-corrected chi connectivity index (χ3v) is 3.77. The van der Waals surface area contributed by atoms with Crippen molar-refractivity contribution in [2.75, 3.05) is 0 Å². The molecule has 1 rings (SSSR count). The predicted molar refractivity (Wildman–Crippen MR) is 76.9 cm³/mol. The number of nitrogens with one attached hydrogen (secondary N) is 1. The summed E-state index contributed by atoms with van der Waals surface area (Å²) in [7, 11) is 0. The van der Waals surface area contributed by atoms with Gasteiger partial charge < -0.3 is 10.4 Å². The summed E-state index contributed by atoms with van der Waals surface area (Å²) in [6.07, 6.45) is 0.885. The lowest BCUT2D eigenvalue weighted by atomic mass is 9.96. The molecule has 1 aromatic carbocycles. The van der Waals surface area contributed by atoms with Crippen molar-refractivity contribution < 1.29 is 19.1 Å². The first-order chi connectivity index (χ1) is 9.28. The molecule has 0 bridgehead atoms. The highest BCUT2D eigenvalue weighted by atomic mass is 79.9. The average molecular weight is 346 g/mol. The van der Waals surface area contributed by atoms with Gasteiger partial charge >= 0.3 is 5.97 Å². The van der Waals surface area contributed by atoms with Crippen LogP contribution in [-0.2, 0) is 16.0 Å². The SMILES string of the molecule is CCCC(C)(NC(=O)Cc1cc(F)ccc1Br)C(=O)O. The first-order valence-electron chi connectivity index (χ1n) is 6.27. The summed E-state index contributed by atoms with van der Waals surface area (Å²) in [5.74, 6) is -1.97. The normalized spacial score (nSPS) is 13.6. The molecule has 0 aliphatic rings. The number of hydrogen-bond donors (Lipinski definition) is 2. The number of rotatable bonds is 6. The van der Waals surface area contributed by atoms with Gasteiger partial charge in [-0.15, -0.1) is 0 Å². The van der Waals surface area contributed by atoms with Crippen LogP contribution in [0.1, 0.15) is 32.3 Å². The van der Waals surface area contributed by atoms with Crippen molar-refractivity contribution in [2.24, 2.45) is 0 Å². The van der Waals surface area contributed by atoms with Gasteiger partial charge in [0.15, 0.2) is 0 Å². The summed E-state index contributed by atoms with van der Waals surface area (Å²) in [5.41, 5.74) is -0.822. The van der Waals surface area contributed by atoms with Crippen LogP contribution in [0.3, 0.4) is 0 Å². The Morgan fingerprint density at radius 1 is 1.45 bits per heavy atom. The fourth-order valence-electron chi connectivity index (χ4n) is 1.93. The van der Waals surface area contributed by atoms with E-state index in [2.05, 4.69) is 21.2 Å². The molecule has 0 saturated carbocycles. The average Bonchev–Trinajstić information content (AvgIpc) is 2.33. The van der Waals surface area contributed by atoms with Gasteiger partial charge in [0.05, 0.1) is 6.42 Å². The molecule has 0 aromatic heterocycles. The maximum Gasteiger partial charge on any atom is 0.329 e. The molecule has 110 valence electrons. The highest BCUT2D eigenvalue weighted by Gasteiger charge is 2.33. The maximum absolute atomic E-state index is 13.1. The zero-order valence-corrected chi connectivity index (χ0v) is 13.0. The Labute approximate surface area is 125 Å². The minimum Gasteiger partial charge on any atom is -0.480 e. The molecule has 0 heterocycles. The van der Waals surface area contributed by atoms with Crippen LogP contribution < -0.4 is 5.32 Å². The molecule has 20 heavy (non-hydrogen) atoms. The van der Waals surface area contributed by atoms with Crippen LogP contribution in [0.4, 0.5) is 4.39 Å². The largest absolute Gasteiger partial charge is 0.480 e. The molecule has 0 aliphatic heterocycles. The number of benzene rings is 1. The van der Waals surface area contributed by atoms with Gasteiger partial charge in [0.2, 0.25) is 5.91 Å². The molecular weight excluding hydrogens is 329 g/mol. The van der Waals surface area contributed by atoms with Gasteiger partial charge in [-0.25, -0.2) is 9.18 Å². The second-order valence-corrected chi connectivity index (χ2v) is 5.70. The summed E-state index contributed by atoms with van der Waals surface area (Å²) in [6.45, 7) is 3.31. The second kappa shape index (κ2) is 6.83. The van der Waals surface area contributed by atoms with Crippen molar-refractivity contribution in [1.82, 2.24) is 5.32 Å². The lowest BCUT2D eigenvalue weighted by molar-refractivity contribution is -0.147. The van der Waals surface area contributed by atoms with Crippen molar-refractivity contribution >= 4 is 27.8 Å². The number of halogens is 2. The fraction of sp³-hybridized carbons (Fsp3) is 0.429. The van der Waals surface area contributed by atoms with Crippen molar-refractivity contribution in [1.29, 1.82) is 0 Å². The van der Waals surface area contributed by atoms with E-state index in [1.165, 1.54) is 25.1 Å². The van der Waals surface area contributed by atoms with E-state index in [1.54, 1.807) is 0 Å². The monoisotopic (exact) mass is 345 g/mol. The van der Waals surface area contributed by atoms with Crippen LogP contribution in [0.5, 0.6) is 0 Å². The lowest BCUT2D eigenvalue weighted by Crippen LogP contribution is -2.52. The van der Waals surface area contributed by atoms with E-state index in [4.69, 9.17) is 0 Å². The molecule has 4 nitrogen and oxygen atoms in total. The Bertz CT molecular complexity index is 521. The number of carboxylic acids is 1. The Hall–Kier alpha value is -1.43. The first-order valence-corrected chi connectivity index (χ1v) is 7.06. The molecule has 1 atom stereocenters. The molecule has 0 saturated heterocycles. The standard InChI is InChI=1S/C14H17BrFNO3/c1-3-6-14(2,13(19)20)17-12(18)8-9-7-10(16)4-5-11(9)15/h4-5,7H,3,6,8H2,1-2H3,(H,17,18)(H,19,20). The lowest BCUT2D eigenvalue weighted by Gasteiger charge is -2.25. The van der Waals surface area contributed by atoms with Crippen molar-refractivity contribution in [3.05, 3.63) is 34.1 Å². The zero-order valence-electron chi connectivity index (χ0n) is 11.4. The van der Waals surface area contributed by atoms with Crippen molar-refractivity contribution in [3.8, 4) is 0 Å². The first kappa shape index (κ1) is 16.6. The fourth-order valence-corrected chi connectivity index (χ4v) is 2.31. The van der Waals surface area contributed by atoms with Gasteiger partial charge in [0.25, 0.3) is 0 Å². The van der Waals surface area contributed by atoms with Crippen LogP contribution in [0.25, 0.3) is 0 Å². The van der Waals surface area contributed by atoms with Gasteiger partial charge in [-0.3, -0.25) is 4.79 Å². The maximum atomic E-state index is 13.1. The third kappa shape index (κ3) is 4.30. The number of hydrogen-bond acceptors (Lipinski definition) is 2. The Morgan fingerprint density at radius 2 is 2.10 bits per heavy atom. The summed E-state index contributed by atoms with van der Waals surface area (Å²) >= 11 is 3.24. The molecule has 6 heteroatoms. The molecule has 2 N–H and O–H groups in total. The smallest absolute Gasteiger partial charge is 0.329 e. The number of amides is 1. The van der Waals surface area contributed by atoms with Gasteiger partial charge in [-0.2, -0.15) is 0 Å². The van der Waals surface area contributed by atoms with E-state index in [-0.39, 0.29) is 6.42 Å². The number of aliphatic carboxylic acids is 1. The van der Waals surface area contributed by atoms with Crippen LogP contribution in [-0.4, -0.2) is 22.5 Å². The minimum absolute atomic E-state index is 0.0784. The van der Waals surface area contributed by atoms with Gasteiger partial charge in [-0.05, 0) is 37.1 Å². The molecular formula is C14H17BrFNO3. The topological polar surface area (TPSA) is 66.4 Å². The van der Waals surface area contributed by atoms with E-state index >= 15 is 0 Å². The molecule has 0 aliphatic carbocycles. The highest BCUT2D eigenvalue weighted by molar-refractivity contribution is 9.10. The zero-order chi connectivity index (χ0) is 15.3. The Morgan fingerprint density at radius 3 is 2.65 bits per heavy atom. The van der Waals surface area contributed by atoms with E-state index in [0.29, 0.717) is 22.9 Å². The summed E-state index contributed by atoms with van der Waals surface area (Å²) in [6, 6.07) is 4.05. The molecule has 1 unspecified atom stereocenters. The van der Waals surface area contributed by atoms with Crippen LogP contribution in [0.2, 0.25) is 0 Å². The predicted octanol–water partition coefficient (Wildman–Crippen LogP) is 2.89. The quantitative estimate of drug-likeness (QED) is 0.832. The highest BCUT2D eigenvalue weighted by Crippen LogP contribution is 2.19. The minimum atomic E-state index is -1.30. The number of carboxylic acid groups (broad SMARTS) is 1. The van der Waals surface area contributed by atoms with E-state index < -0.39 is 23.2 Å². The Balaban J connectivity index is 2.81. The van der Waals surface area contributed by atoms with Crippen molar-refractivity contribution in [3.63, 3.8) is 0 Å². The van der Waals surface area contributed by atoms with Crippen LogP contribution in [0, 0.1) is 5.82 Å². The molecule has 0 spiro atoms. The Kier molecular flexibility index (Phi) is 5.68. The molecule has 1 amide bonds. The van der Waals surface area contributed by atoms with E-state index in [0.717, 1.165) is 0 Å². The van der Waals surface area contributed by atoms with Gasteiger partial charge in [0.1, 0.15) is 11.4 Å². The van der Waals surface area contributed by atoms with Crippen molar-refractivity contribution in [2.45, 2.75) is 38.6 Å². The summed E-state index contributed by atoms with van der Waals surface area (Å²) in [4.78, 5) is 23.2. The van der Waals surface area contributed by atoms with Gasteiger partial charge in [0, 0.05) is 4.47 Å². The van der Waals surface area contributed by atoms with E-state index in [9.17, 15) is 19.1 Å². The molecule has 1 aromatic rings. The number of carbonyl (C=O) groups is 2. The van der Waals surface area contributed by atoms with Gasteiger partial charge in [-0.1, -0.05) is 29.3 Å². The summed E-state index contributed by atoms with van der Waals surface area (Å²) in [5, 5.41) is 11.7. The van der Waals surface area contributed by atoms with E-state index in [1.807, 2.05) is 6.92 Å². The molecule has 0 fully saturated rings. The molecule has 0 radical (unpaired) electrons. The second-order valence-electron chi connectivity index (χ2n) is 4.85. The third-order valence-electron chi connectivity index (χ3n) is 3.00. The van der Waals surface area contributed by atoms with Crippen LogP contribution >= 0.6 is 15.9 Å². The summed E-state index contributed by atoms with van der Waals surface area (Å²) < 4.78 is 13.8.